The van der Waals surface area contributed by atoms with Crippen molar-refractivity contribution in [3.63, 3.8) is 0 Å². The lowest BCUT2D eigenvalue weighted by atomic mass is 10.1. The van der Waals surface area contributed by atoms with E-state index in [4.69, 9.17) is 4.74 Å². The molecular formula is C14H15N3O3. The molecule has 20 heavy (non-hydrogen) atoms. The second-order valence-electron chi connectivity index (χ2n) is 4.24. The summed E-state index contributed by atoms with van der Waals surface area (Å²) in [7, 11) is 1.58. The van der Waals surface area contributed by atoms with Crippen LogP contribution >= 0.6 is 0 Å². The molecule has 0 aliphatic rings. The SMILES string of the molecule is COc1ccccc1[C@H](C)NC(=O)c1ccc(=O)[nH]n1. The number of para-hydroxylation sites is 1. The maximum atomic E-state index is 12.0. The van der Waals surface area contributed by atoms with E-state index in [0.717, 1.165) is 5.56 Å². The Morgan fingerprint density at radius 2 is 2.05 bits per heavy atom. The first kappa shape index (κ1) is 13.8. The molecule has 2 rings (SSSR count). The Kier molecular flexibility index (Phi) is 4.14. The van der Waals surface area contributed by atoms with Crippen LogP contribution in [0.2, 0.25) is 0 Å². The predicted molar refractivity (Wildman–Crippen MR) is 73.7 cm³/mol. The van der Waals surface area contributed by atoms with E-state index in [0.29, 0.717) is 5.75 Å². The molecule has 2 aromatic rings. The fraction of sp³-hybridized carbons (Fsp3) is 0.214. The number of rotatable bonds is 4. The normalized spacial score (nSPS) is 11.7. The molecule has 104 valence electrons. The largest absolute Gasteiger partial charge is 0.496 e. The Balaban J connectivity index is 2.15. The third-order valence-corrected chi connectivity index (χ3v) is 2.86. The van der Waals surface area contributed by atoms with Gasteiger partial charge in [-0.1, -0.05) is 18.2 Å². The maximum absolute atomic E-state index is 12.0. The van der Waals surface area contributed by atoms with E-state index in [-0.39, 0.29) is 23.2 Å². The Labute approximate surface area is 115 Å². The van der Waals surface area contributed by atoms with Gasteiger partial charge in [-0.05, 0) is 19.1 Å². The molecule has 0 aliphatic carbocycles. The number of nitrogens with zero attached hydrogens (tertiary/aromatic N) is 1. The summed E-state index contributed by atoms with van der Waals surface area (Å²) in [6, 6.07) is 9.84. The summed E-state index contributed by atoms with van der Waals surface area (Å²) in [5, 5.41) is 8.72. The van der Waals surface area contributed by atoms with Crippen LogP contribution in [0.4, 0.5) is 0 Å². The van der Waals surface area contributed by atoms with Gasteiger partial charge in [-0.25, -0.2) is 5.10 Å². The van der Waals surface area contributed by atoms with Crippen LogP contribution in [0.1, 0.15) is 29.0 Å². The first-order chi connectivity index (χ1) is 9.61. The molecule has 0 radical (unpaired) electrons. The van der Waals surface area contributed by atoms with Crippen LogP contribution in [-0.4, -0.2) is 23.2 Å². The molecule has 1 amide bonds. The molecule has 0 aliphatic heterocycles. The molecule has 0 unspecified atom stereocenters. The van der Waals surface area contributed by atoms with Crippen LogP contribution in [0.3, 0.4) is 0 Å². The van der Waals surface area contributed by atoms with Crippen LogP contribution in [0.25, 0.3) is 0 Å². The number of hydrogen-bond donors (Lipinski definition) is 2. The minimum Gasteiger partial charge on any atom is -0.496 e. The summed E-state index contributed by atoms with van der Waals surface area (Å²) < 4.78 is 5.26. The van der Waals surface area contributed by atoms with Crippen LogP contribution in [-0.2, 0) is 0 Å². The lowest BCUT2D eigenvalue weighted by molar-refractivity contribution is 0.0933. The van der Waals surface area contributed by atoms with Gasteiger partial charge < -0.3 is 10.1 Å². The molecule has 0 spiro atoms. The van der Waals surface area contributed by atoms with Crippen molar-refractivity contribution in [2.24, 2.45) is 0 Å². The van der Waals surface area contributed by atoms with Crippen molar-refractivity contribution in [3.05, 3.63) is 58.0 Å². The lowest BCUT2D eigenvalue weighted by Crippen LogP contribution is -2.28. The highest BCUT2D eigenvalue weighted by atomic mass is 16.5. The Morgan fingerprint density at radius 3 is 2.70 bits per heavy atom. The smallest absolute Gasteiger partial charge is 0.272 e. The highest BCUT2D eigenvalue weighted by Gasteiger charge is 2.15. The van der Waals surface area contributed by atoms with Gasteiger partial charge in [0.2, 0.25) is 0 Å². The average molecular weight is 273 g/mol. The topological polar surface area (TPSA) is 84.1 Å². The molecule has 1 heterocycles. The fourth-order valence-corrected chi connectivity index (χ4v) is 1.84. The number of aromatic nitrogens is 2. The van der Waals surface area contributed by atoms with Crippen molar-refractivity contribution in [2.45, 2.75) is 13.0 Å². The van der Waals surface area contributed by atoms with Crippen molar-refractivity contribution in [3.8, 4) is 5.75 Å². The van der Waals surface area contributed by atoms with Crippen LogP contribution in [0.15, 0.2) is 41.2 Å². The summed E-state index contributed by atoms with van der Waals surface area (Å²) in [5.41, 5.74) is 0.679. The van der Waals surface area contributed by atoms with Crippen molar-refractivity contribution in [1.82, 2.24) is 15.5 Å². The van der Waals surface area contributed by atoms with Crippen molar-refractivity contribution in [2.75, 3.05) is 7.11 Å². The van der Waals surface area contributed by atoms with Crippen molar-refractivity contribution in [1.29, 1.82) is 0 Å². The van der Waals surface area contributed by atoms with E-state index in [1.807, 2.05) is 31.2 Å². The molecule has 6 nitrogen and oxygen atoms in total. The second kappa shape index (κ2) is 6.01. The number of H-pyrrole nitrogens is 1. The zero-order chi connectivity index (χ0) is 14.5. The number of aromatic amines is 1. The fourth-order valence-electron chi connectivity index (χ4n) is 1.84. The first-order valence-corrected chi connectivity index (χ1v) is 6.11. The number of carbonyl (C=O) groups excluding carboxylic acids is 1. The minimum atomic E-state index is -0.361. The zero-order valence-electron chi connectivity index (χ0n) is 11.2. The predicted octanol–water partition coefficient (Wildman–Crippen LogP) is 1.27. The minimum absolute atomic E-state index is 0.159. The number of amides is 1. The van der Waals surface area contributed by atoms with Gasteiger partial charge in [-0.15, -0.1) is 0 Å². The summed E-state index contributed by atoms with van der Waals surface area (Å²) in [4.78, 5) is 22.9. The standard InChI is InChI=1S/C14H15N3O3/c1-9(10-5-3-4-6-12(10)20-2)15-14(19)11-7-8-13(18)17-16-11/h3-9H,1-2H3,(H,15,19)(H,17,18)/t9-/m0/s1. The quantitative estimate of drug-likeness (QED) is 0.878. The zero-order valence-corrected chi connectivity index (χ0v) is 11.2. The number of ether oxygens (including phenoxy) is 1. The number of methoxy groups -OCH3 is 1. The molecule has 0 saturated carbocycles. The summed E-state index contributed by atoms with van der Waals surface area (Å²) in [6.45, 7) is 1.85. The average Bonchev–Trinajstić information content (AvgIpc) is 2.47. The highest BCUT2D eigenvalue weighted by Crippen LogP contribution is 2.24. The van der Waals surface area contributed by atoms with E-state index >= 15 is 0 Å². The monoisotopic (exact) mass is 273 g/mol. The van der Waals surface area contributed by atoms with Gasteiger partial charge in [0.1, 0.15) is 11.4 Å². The van der Waals surface area contributed by atoms with E-state index in [9.17, 15) is 9.59 Å². The van der Waals surface area contributed by atoms with Gasteiger partial charge in [0.25, 0.3) is 11.5 Å². The van der Waals surface area contributed by atoms with Gasteiger partial charge in [-0.3, -0.25) is 9.59 Å². The number of benzene rings is 1. The highest BCUT2D eigenvalue weighted by molar-refractivity contribution is 5.92. The Morgan fingerprint density at radius 1 is 1.30 bits per heavy atom. The molecule has 0 bridgehead atoms. The molecule has 6 heteroatoms. The van der Waals surface area contributed by atoms with Gasteiger partial charge in [0.05, 0.1) is 13.2 Å². The van der Waals surface area contributed by atoms with E-state index in [1.165, 1.54) is 12.1 Å². The Hall–Kier alpha value is -2.63. The van der Waals surface area contributed by atoms with E-state index in [2.05, 4.69) is 15.5 Å². The van der Waals surface area contributed by atoms with Crippen molar-refractivity contribution >= 4 is 5.91 Å². The summed E-state index contributed by atoms with van der Waals surface area (Å²) >= 11 is 0. The molecule has 0 fully saturated rings. The molecule has 2 N–H and O–H groups in total. The second-order valence-corrected chi connectivity index (χ2v) is 4.24. The summed E-state index contributed by atoms with van der Waals surface area (Å²) in [5.74, 6) is 0.342. The maximum Gasteiger partial charge on any atom is 0.272 e. The number of nitrogens with one attached hydrogen (secondary N) is 2. The molecule has 0 saturated heterocycles. The van der Waals surface area contributed by atoms with E-state index in [1.54, 1.807) is 7.11 Å². The molecule has 1 atom stereocenters. The number of hydrogen-bond acceptors (Lipinski definition) is 4. The first-order valence-electron chi connectivity index (χ1n) is 6.11. The van der Waals surface area contributed by atoms with Crippen LogP contribution in [0.5, 0.6) is 5.75 Å². The third kappa shape index (κ3) is 3.03. The van der Waals surface area contributed by atoms with Crippen molar-refractivity contribution < 1.29 is 9.53 Å². The van der Waals surface area contributed by atoms with Gasteiger partial charge in [0.15, 0.2) is 0 Å². The van der Waals surface area contributed by atoms with Gasteiger partial charge in [-0.2, -0.15) is 5.10 Å². The van der Waals surface area contributed by atoms with Gasteiger partial charge in [0, 0.05) is 11.6 Å². The lowest BCUT2D eigenvalue weighted by Gasteiger charge is -2.16. The molecule has 1 aromatic heterocycles. The third-order valence-electron chi connectivity index (χ3n) is 2.86. The Bertz CT molecular complexity index is 646. The molecule has 1 aromatic carbocycles. The summed E-state index contributed by atoms with van der Waals surface area (Å²) in [6.07, 6.45) is 0. The van der Waals surface area contributed by atoms with Crippen LogP contribution in [0, 0.1) is 0 Å². The van der Waals surface area contributed by atoms with Crippen LogP contribution < -0.4 is 15.6 Å². The van der Waals surface area contributed by atoms with E-state index < -0.39 is 0 Å². The van der Waals surface area contributed by atoms with Gasteiger partial charge >= 0.3 is 0 Å². The number of carbonyl (C=O) groups is 1. The molecular weight excluding hydrogens is 258 g/mol.